The Morgan fingerprint density at radius 2 is 1.87 bits per heavy atom. The molecule has 1 aliphatic heterocycles. The van der Waals surface area contributed by atoms with Gasteiger partial charge in [-0.3, -0.25) is 10.2 Å². The van der Waals surface area contributed by atoms with Crippen LogP contribution in [0.15, 0.2) is 24.3 Å². The lowest BCUT2D eigenvalue weighted by Gasteiger charge is -2.13. The summed E-state index contributed by atoms with van der Waals surface area (Å²) in [6.45, 7) is 3.68. The third-order valence-corrected chi connectivity index (χ3v) is 2.95. The van der Waals surface area contributed by atoms with Gasteiger partial charge in [-0.05, 0) is 12.1 Å². The lowest BCUT2D eigenvalue weighted by atomic mass is 9.89. The Labute approximate surface area is 88.6 Å². The topological polar surface area (TPSA) is 50.1 Å². The van der Waals surface area contributed by atoms with Gasteiger partial charge in [0, 0.05) is 11.8 Å². The standard InChI is InChI=1S/C12H13NO2/c1-7-8(2)12(13)15-10-6-4-3-5-9(10)11(7)14/h3-8,13H,1-2H3. The van der Waals surface area contributed by atoms with Crippen LogP contribution in [0.3, 0.4) is 0 Å². The van der Waals surface area contributed by atoms with Crippen LogP contribution < -0.4 is 4.74 Å². The van der Waals surface area contributed by atoms with E-state index in [4.69, 9.17) is 10.1 Å². The molecule has 0 amide bonds. The Balaban J connectivity index is 2.53. The maximum Gasteiger partial charge on any atom is 0.190 e. The van der Waals surface area contributed by atoms with Crippen LogP contribution in [0.5, 0.6) is 5.75 Å². The van der Waals surface area contributed by atoms with Gasteiger partial charge in [0.25, 0.3) is 0 Å². The number of rotatable bonds is 0. The van der Waals surface area contributed by atoms with Crippen LogP contribution in [-0.4, -0.2) is 11.7 Å². The van der Waals surface area contributed by atoms with Gasteiger partial charge in [-0.1, -0.05) is 26.0 Å². The second-order valence-corrected chi connectivity index (χ2v) is 3.90. The van der Waals surface area contributed by atoms with Crippen molar-refractivity contribution in [1.29, 1.82) is 5.41 Å². The van der Waals surface area contributed by atoms with Gasteiger partial charge < -0.3 is 4.74 Å². The SMILES string of the molecule is CC1C(=N)Oc2ccccc2C(=O)C1C. The highest BCUT2D eigenvalue weighted by Gasteiger charge is 2.31. The van der Waals surface area contributed by atoms with Crippen LogP contribution in [0.1, 0.15) is 24.2 Å². The zero-order chi connectivity index (χ0) is 11.0. The molecule has 1 N–H and O–H groups in total. The summed E-state index contributed by atoms with van der Waals surface area (Å²) >= 11 is 0. The summed E-state index contributed by atoms with van der Waals surface area (Å²) in [7, 11) is 0. The molecule has 3 nitrogen and oxygen atoms in total. The maximum absolute atomic E-state index is 12.0. The van der Waals surface area contributed by atoms with Crippen molar-refractivity contribution in [3.05, 3.63) is 29.8 Å². The van der Waals surface area contributed by atoms with Gasteiger partial charge in [0.05, 0.1) is 5.56 Å². The van der Waals surface area contributed by atoms with E-state index in [0.717, 1.165) is 0 Å². The molecule has 0 spiro atoms. The van der Waals surface area contributed by atoms with E-state index in [1.54, 1.807) is 18.2 Å². The molecule has 0 saturated heterocycles. The van der Waals surface area contributed by atoms with Gasteiger partial charge in [-0.15, -0.1) is 0 Å². The first-order valence-electron chi connectivity index (χ1n) is 5.01. The molecule has 1 aliphatic rings. The van der Waals surface area contributed by atoms with Crippen molar-refractivity contribution in [1.82, 2.24) is 0 Å². The molecule has 3 heteroatoms. The second kappa shape index (κ2) is 3.50. The third kappa shape index (κ3) is 1.54. The number of hydrogen-bond acceptors (Lipinski definition) is 3. The number of para-hydroxylation sites is 1. The lowest BCUT2D eigenvalue weighted by Crippen LogP contribution is -2.24. The lowest BCUT2D eigenvalue weighted by molar-refractivity contribution is 0.0914. The van der Waals surface area contributed by atoms with E-state index in [-0.39, 0.29) is 23.5 Å². The minimum Gasteiger partial charge on any atom is -0.443 e. The molecule has 1 aromatic rings. The van der Waals surface area contributed by atoms with Crippen molar-refractivity contribution in [3.8, 4) is 5.75 Å². The van der Waals surface area contributed by atoms with E-state index >= 15 is 0 Å². The van der Waals surface area contributed by atoms with E-state index in [2.05, 4.69) is 0 Å². The van der Waals surface area contributed by atoms with Crippen molar-refractivity contribution in [2.75, 3.05) is 0 Å². The minimum absolute atomic E-state index is 0.0559. The molecule has 0 bridgehead atoms. The number of carbonyl (C=O) groups is 1. The number of nitrogens with one attached hydrogen (secondary N) is 1. The van der Waals surface area contributed by atoms with Gasteiger partial charge in [0.2, 0.25) is 0 Å². The average Bonchev–Trinajstić information content (AvgIpc) is 2.32. The molecule has 2 rings (SSSR count). The fourth-order valence-corrected chi connectivity index (χ4v) is 1.67. The highest BCUT2D eigenvalue weighted by Crippen LogP contribution is 2.29. The maximum atomic E-state index is 12.0. The van der Waals surface area contributed by atoms with Crippen molar-refractivity contribution in [3.63, 3.8) is 0 Å². The van der Waals surface area contributed by atoms with Crippen LogP contribution in [0.2, 0.25) is 0 Å². The number of carbonyl (C=O) groups excluding carboxylic acids is 1. The molecule has 0 radical (unpaired) electrons. The van der Waals surface area contributed by atoms with Crippen LogP contribution in [0, 0.1) is 17.2 Å². The second-order valence-electron chi connectivity index (χ2n) is 3.90. The molecule has 0 aromatic heterocycles. The van der Waals surface area contributed by atoms with Gasteiger partial charge >= 0.3 is 0 Å². The fourth-order valence-electron chi connectivity index (χ4n) is 1.67. The summed E-state index contributed by atoms with van der Waals surface area (Å²) in [5, 5.41) is 7.71. The number of ketones is 1. The van der Waals surface area contributed by atoms with Gasteiger partial charge in [0.1, 0.15) is 5.75 Å². The first-order valence-corrected chi connectivity index (χ1v) is 5.01. The predicted molar refractivity (Wildman–Crippen MR) is 57.5 cm³/mol. The Morgan fingerprint density at radius 1 is 1.20 bits per heavy atom. The van der Waals surface area contributed by atoms with Crippen LogP contribution in [-0.2, 0) is 0 Å². The number of Topliss-reactive ketones (excluding diaryl/α,β-unsaturated/α-hetero) is 1. The Bertz CT molecular complexity index is 425. The zero-order valence-corrected chi connectivity index (χ0v) is 8.78. The van der Waals surface area contributed by atoms with E-state index in [0.29, 0.717) is 11.3 Å². The van der Waals surface area contributed by atoms with E-state index in [1.165, 1.54) is 0 Å². The first kappa shape index (κ1) is 9.90. The number of ether oxygens (including phenoxy) is 1. The fraction of sp³-hybridized carbons (Fsp3) is 0.333. The molecule has 1 aromatic carbocycles. The normalized spacial score (nSPS) is 25.5. The van der Waals surface area contributed by atoms with Gasteiger partial charge in [-0.2, -0.15) is 0 Å². The highest BCUT2D eigenvalue weighted by molar-refractivity contribution is 6.04. The molecule has 1 heterocycles. The molecule has 78 valence electrons. The molecular weight excluding hydrogens is 190 g/mol. The highest BCUT2D eigenvalue weighted by atomic mass is 16.5. The summed E-state index contributed by atoms with van der Waals surface area (Å²) in [4.78, 5) is 12.0. The Kier molecular flexibility index (Phi) is 2.31. The zero-order valence-electron chi connectivity index (χ0n) is 8.78. The number of fused-ring (bicyclic) bond motifs is 1. The molecule has 15 heavy (non-hydrogen) atoms. The summed E-state index contributed by atoms with van der Waals surface area (Å²) in [6.07, 6.45) is 0. The molecule has 2 unspecified atom stereocenters. The van der Waals surface area contributed by atoms with E-state index < -0.39 is 0 Å². The largest absolute Gasteiger partial charge is 0.443 e. The van der Waals surface area contributed by atoms with Crippen molar-refractivity contribution < 1.29 is 9.53 Å². The number of benzene rings is 1. The summed E-state index contributed by atoms with van der Waals surface area (Å²) in [5.41, 5.74) is 0.583. The summed E-state index contributed by atoms with van der Waals surface area (Å²) in [5.74, 6) is 0.371. The summed E-state index contributed by atoms with van der Waals surface area (Å²) < 4.78 is 5.37. The van der Waals surface area contributed by atoms with Crippen molar-refractivity contribution in [2.45, 2.75) is 13.8 Å². The molecule has 0 aliphatic carbocycles. The number of hydrogen-bond donors (Lipinski definition) is 1. The van der Waals surface area contributed by atoms with E-state index in [9.17, 15) is 4.79 Å². The van der Waals surface area contributed by atoms with E-state index in [1.807, 2.05) is 19.9 Å². The third-order valence-electron chi connectivity index (χ3n) is 2.95. The molecular formula is C12H13NO2. The average molecular weight is 203 g/mol. The molecule has 2 atom stereocenters. The van der Waals surface area contributed by atoms with Crippen molar-refractivity contribution in [2.24, 2.45) is 11.8 Å². The van der Waals surface area contributed by atoms with Gasteiger partial charge in [0.15, 0.2) is 11.7 Å². The van der Waals surface area contributed by atoms with Crippen LogP contribution >= 0.6 is 0 Å². The van der Waals surface area contributed by atoms with Crippen LogP contribution in [0.25, 0.3) is 0 Å². The minimum atomic E-state index is -0.193. The molecule has 0 saturated carbocycles. The Morgan fingerprint density at radius 3 is 2.60 bits per heavy atom. The summed E-state index contributed by atoms with van der Waals surface area (Å²) in [6, 6.07) is 7.10. The Hall–Kier alpha value is -1.64. The monoisotopic (exact) mass is 203 g/mol. The predicted octanol–water partition coefficient (Wildman–Crippen LogP) is 2.51. The smallest absolute Gasteiger partial charge is 0.190 e. The van der Waals surface area contributed by atoms with Crippen LogP contribution in [0.4, 0.5) is 0 Å². The molecule has 0 fully saturated rings. The van der Waals surface area contributed by atoms with Crippen molar-refractivity contribution >= 4 is 11.7 Å². The first-order chi connectivity index (χ1) is 7.11. The van der Waals surface area contributed by atoms with Gasteiger partial charge in [-0.25, -0.2) is 0 Å². The quantitative estimate of drug-likeness (QED) is 0.704.